The predicted octanol–water partition coefficient (Wildman–Crippen LogP) is 3.78. The third-order valence-corrected chi connectivity index (χ3v) is 1.46. The highest BCUT2D eigenvalue weighted by atomic mass is 19.4. The molecule has 0 unspecified atom stereocenters. The molecule has 0 bridgehead atoms. The van der Waals surface area contributed by atoms with E-state index in [1.165, 1.54) is 19.1 Å². The summed E-state index contributed by atoms with van der Waals surface area (Å²) in [4.78, 5) is 0. The van der Waals surface area contributed by atoms with Crippen molar-refractivity contribution in [1.29, 1.82) is 0 Å². The lowest BCUT2D eigenvalue weighted by molar-refractivity contribution is -0.303. The van der Waals surface area contributed by atoms with Crippen molar-refractivity contribution in [3.63, 3.8) is 0 Å². The fraction of sp³-hybridized carbons (Fsp3) is 0.556. The summed E-state index contributed by atoms with van der Waals surface area (Å²) in [7, 11) is 0. The van der Waals surface area contributed by atoms with Crippen molar-refractivity contribution >= 4 is 0 Å². The molecule has 13 heavy (non-hydrogen) atoms. The van der Waals surface area contributed by atoms with Crippen LogP contribution >= 0.6 is 0 Å². The Labute approximate surface area is 75.9 Å². The summed E-state index contributed by atoms with van der Waals surface area (Å²) in [5.74, 6) is -0.160. The van der Waals surface area contributed by atoms with Crippen LogP contribution < -0.4 is 0 Å². The van der Waals surface area contributed by atoms with Gasteiger partial charge < -0.3 is 4.74 Å². The average molecular weight is 194 g/mol. The molecular formula is C9H13F3O. The molecule has 0 spiro atoms. The molecule has 0 radical (unpaired) electrons. The number of ether oxygens (including phenoxy) is 1. The van der Waals surface area contributed by atoms with Crippen molar-refractivity contribution in [3.05, 3.63) is 23.5 Å². The van der Waals surface area contributed by atoms with Gasteiger partial charge in [0.1, 0.15) is 5.76 Å². The van der Waals surface area contributed by atoms with Gasteiger partial charge in [0, 0.05) is 0 Å². The van der Waals surface area contributed by atoms with E-state index < -0.39 is 6.36 Å². The summed E-state index contributed by atoms with van der Waals surface area (Å²) in [6.45, 7) is 5.12. The van der Waals surface area contributed by atoms with Crippen LogP contribution in [0, 0.1) is 0 Å². The van der Waals surface area contributed by atoms with Crippen molar-refractivity contribution in [3.8, 4) is 0 Å². The van der Waals surface area contributed by atoms with Crippen LogP contribution in [0.5, 0.6) is 0 Å². The van der Waals surface area contributed by atoms with E-state index in [1.807, 2.05) is 6.92 Å². The molecule has 0 aromatic heterocycles. The minimum Gasteiger partial charge on any atom is -0.406 e. The molecule has 0 fully saturated rings. The van der Waals surface area contributed by atoms with Gasteiger partial charge in [-0.15, -0.1) is 13.2 Å². The van der Waals surface area contributed by atoms with Gasteiger partial charge >= 0.3 is 6.36 Å². The minimum absolute atomic E-state index is 0.160. The molecule has 0 aliphatic carbocycles. The summed E-state index contributed by atoms with van der Waals surface area (Å²) in [5.41, 5.74) is 0.845. The zero-order valence-electron chi connectivity index (χ0n) is 7.90. The molecule has 0 atom stereocenters. The highest BCUT2D eigenvalue weighted by Crippen LogP contribution is 2.22. The van der Waals surface area contributed by atoms with E-state index in [0.29, 0.717) is 6.42 Å². The van der Waals surface area contributed by atoms with Crippen LogP contribution in [0.4, 0.5) is 13.2 Å². The van der Waals surface area contributed by atoms with Crippen LogP contribution in [-0.2, 0) is 4.74 Å². The lowest BCUT2D eigenvalue weighted by Crippen LogP contribution is -2.12. The summed E-state index contributed by atoms with van der Waals surface area (Å²) in [6, 6.07) is 0. The van der Waals surface area contributed by atoms with E-state index in [2.05, 4.69) is 4.74 Å². The number of rotatable bonds is 3. The first-order valence-electron chi connectivity index (χ1n) is 3.98. The lowest BCUT2D eigenvalue weighted by Gasteiger charge is -2.09. The standard InChI is InChI=1S/C9H13F3O/c1-4-7(3)6-8(5-2)13-9(10,11)12/h5-6H,4H2,1-3H3/b7-6+,8-5+. The molecule has 76 valence electrons. The van der Waals surface area contributed by atoms with E-state index >= 15 is 0 Å². The summed E-state index contributed by atoms with van der Waals surface area (Å²) in [6.07, 6.45) is -1.23. The molecule has 0 aromatic carbocycles. The van der Waals surface area contributed by atoms with Crippen LogP contribution in [0.25, 0.3) is 0 Å². The smallest absolute Gasteiger partial charge is 0.406 e. The number of alkyl halides is 3. The third-order valence-electron chi connectivity index (χ3n) is 1.46. The van der Waals surface area contributed by atoms with Gasteiger partial charge in [-0.3, -0.25) is 0 Å². The second-order valence-electron chi connectivity index (χ2n) is 2.58. The Hall–Kier alpha value is -0.930. The Morgan fingerprint density at radius 3 is 2.23 bits per heavy atom. The van der Waals surface area contributed by atoms with Gasteiger partial charge in [0.2, 0.25) is 0 Å². The molecule has 0 aromatic rings. The lowest BCUT2D eigenvalue weighted by atomic mass is 10.2. The van der Waals surface area contributed by atoms with Crippen LogP contribution in [0.3, 0.4) is 0 Å². The van der Waals surface area contributed by atoms with Crippen molar-refractivity contribution in [2.75, 3.05) is 0 Å². The Balaban J connectivity index is 4.40. The third kappa shape index (κ3) is 6.25. The number of hydrogen-bond acceptors (Lipinski definition) is 1. The fourth-order valence-corrected chi connectivity index (χ4v) is 0.650. The first kappa shape index (κ1) is 12.1. The van der Waals surface area contributed by atoms with Gasteiger partial charge in [0.15, 0.2) is 0 Å². The Morgan fingerprint density at radius 1 is 1.38 bits per heavy atom. The van der Waals surface area contributed by atoms with Crippen LogP contribution in [0.2, 0.25) is 0 Å². The Bertz CT molecular complexity index is 213. The van der Waals surface area contributed by atoms with Gasteiger partial charge in [0.05, 0.1) is 0 Å². The van der Waals surface area contributed by atoms with Gasteiger partial charge in [0.25, 0.3) is 0 Å². The van der Waals surface area contributed by atoms with Gasteiger partial charge in [-0.2, -0.15) is 0 Å². The van der Waals surface area contributed by atoms with Crippen LogP contribution in [0.1, 0.15) is 27.2 Å². The first-order valence-corrected chi connectivity index (χ1v) is 3.98. The maximum absolute atomic E-state index is 11.8. The average Bonchev–Trinajstić information content (AvgIpc) is 2.00. The van der Waals surface area contributed by atoms with Crippen molar-refractivity contribution in [2.24, 2.45) is 0 Å². The molecule has 0 aliphatic heterocycles. The van der Waals surface area contributed by atoms with Crippen molar-refractivity contribution in [2.45, 2.75) is 33.6 Å². The fourth-order valence-electron chi connectivity index (χ4n) is 0.650. The van der Waals surface area contributed by atoms with E-state index in [9.17, 15) is 13.2 Å². The number of hydrogen-bond donors (Lipinski definition) is 0. The van der Waals surface area contributed by atoms with Crippen LogP contribution in [-0.4, -0.2) is 6.36 Å². The minimum atomic E-state index is -4.60. The second-order valence-corrected chi connectivity index (χ2v) is 2.58. The molecule has 1 nitrogen and oxygen atoms in total. The van der Waals surface area contributed by atoms with Crippen molar-refractivity contribution in [1.82, 2.24) is 0 Å². The maximum atomic E-state index is 11.8. The van der Waals surface area contributed by atoms with E-state index in [1.54, 1.807) is 6.92 Å². The summed E-state index contributed by atoms with van der Waals surface area (Å²) in [5, 5.41) is 0. The summed E-state index contributed by atoms with van der Waals surface area (Å²) < 4.78 is 39.0. The number of halogens is 3. The van der Waals surface area contributed by atoms with E-state index in [0.717, 1.165) is 5.57 Å². The van der Waals surface area contributed by atoms with E-state index in [4.69, 9.17) is 0 Å². The first-order chi connectivity index (χ1) is 5.89. The van der Waals surface area contributed by atoms with Crippen molar-refractivity contribution < 1.29 is 17.9 Å². The highest BCUT2D eigenvalue weighted by molar-refractivity contribution is 5.16. The molecule has 0 rings (SSSR count). The Kier molecular flexibility index (Phi) is 4.59. The maximum Gasteiger partial charge on any atom is 0.573 e. The number of allylic oxidation sites excluding steroid dienone is 3. The molecule has 0 N–H and O–H groups in total. The molecule has 4 heteroatoms. The van der Waals surface area contributed by atoms with Gasteiger partial charge in [-0.25, -0.2) is 0 Å². The van der Waals surface area contributed by atoms with E-state index in [-0.39, 0.29) is 5.76 Å². The summed E-state index contributed by atoms with van der Waals surface area (Å²) >= 11 is 0. The van der Waals surface area contributed by atoms with Crippen LogP contribution in [0.15, 0.2) is 23.5 Å². The largest absolute Gasteiger partial charge is 0.573 e. The topological polar surface area (TPSA) is 9.23 Å². The monoisotopic (exact) mass is 194 g/mol. The zero-order valence-corrected chi connectivity index (χ0v) is 7.90. The zero-order chi connectivity index (χ0) is 10.5. The molecule has 0 aliphatic rings. The molecule has 0 saturated heterocycles. The SMILES string of the molecule is C/C=C(\C=C(/C)CC)OC(F)(F)F. The van der Waals surface area contributed by atoms with Gasteiger partial charge in [-0.05, 0) is 32.4 Å². The molecular weight excluding hydrogens is 181 g/mol. The Morgan fingerprint density at radius 2 is 1.92 bits per heavy atom. The predicted molar refractivity (Wildman–Crippen MR) is 44.9 cm³/mol. The second kappa shape index (κ2) is 4.94. The quantitative estimate of drug-likeness (QED) is 0.490. The highest BCUT2D eigenvalue weighted by Gasteiger charge is 2.31. The van der Waals surface area contributed by atoms with Gasteiger partial charge in [-0.1, -0.05) is 12.5 Å². The normalized spacial score (nSPS) is 14.6. The molecule has 0 saturated carbocycles. The molecule has 0 heterocycles. The molecule has 0 amide bonds.